The van der Waals surface area contributed by atoms with E-state index in [1.807, 2.05) is 0 Å². The lowest BCUT2D eigenvalue weighted by molar-refractivity contribution is -0.152. The molecule has 0 aromatic heterocycles. The Morgan fingerprint density at radius 1 is 1.50 bits per heavy atom. The number of rotatable bonds is 2. The zero-order chi connectivity index (χ0) is 10.1. The molecule has 0 N–H and O–H groups in total. The number of carbonyl (C=O) groups excluding carboxylic acids is 2. The summed E-state index contributed by atoms with van der Waals surface area (Å²) in [4.78, 5) is 23.2. The summed E-state index contributed by atoms with van der Waals surface area (Å²) < 4.78 is 4.94. The average molecular weight is 196 g/mol. The Morgan fingerprint density at radius 3 is 3.00 bits per heavy atom. The molecule has 3 atom stereocenters. The molecule has 0 heterocycles. The van der Waals surface area contributed by atoms with Crippen LogP contribution in [0.5, 0.6) is 0 Å². The summed E-state index contributed by atoms with van der Waals surface area (Å²) in [6.07, 6.45) is 3.92. The Kier molecular flexibility index (Phi) is 2.57. The van der Waals surface area contributed by atoms with Crippen LogP contribution in [0.25, 0.3) is 0 Å². The number of fused-ring (bicyclic) bond motifs is 1. The van der Waals surface area contributed by atoms with Crippen molar-refractivity contribution in [3.8, 4) is 0 Å². The molecule has 0 aromatic rings. The van der Waals surface area contributed by atoms with Gasteiger partial charge in [0.05, 0.1) is 6.61 Å². The van der Waals surface area contributed by atoms with Gasteiger partial charge >= 0.3 is 5.97 Å². The molecule has 2 saturated carbocycles. The fourth-order valence-corrected chi connectivity index (χ4v) is 2.92. The Morgan fingerprint density at radius 2 is 2.29 bits per heavy atom. The summed E-state index contributed by atoms with van der Waals surface area (Å²) in [6.45, 7) is 2.16. The van der Waals surface area contributed by atoms with Crippen molar-refractivity contribution in [3.05, 3.63) is 0 Å². The first-order valence-corrected chi connectivity index (χ1v) is 5.43. The van der Waals surface area contributed by atoms with Gasteiger partial charge in [0, 0.05) is 6.42 Å². The van der Waals surface area contributed by atoms with E-state index in [1.54, 1.807) is 6.92 Å². The molecule has 0 amide bonds. The normalized spacial score (nSPS) is 35.8. The van der Waals surface area contributed by atoms with Crippen molar-refractivity contribution in [3.63, 3.8) is 0 Å². The molecule has 2 aliphatic carbocycles. The van der Waals surface area contributed by atoms with Gasteiger partial charge in [0.15, 0.2) is 0 Å². The third-order valence-corrected chi connectivity index (χ3v) is 3.50. The fraction of sp³-hybridized carbons (Fsp3) is 0.818. The maximum Gasteiger partial charge on any atom is 0.316 e. The van der Waals surface area contributed by atoms with Gasteiger partial charge in [0.1, 0.15) is 11.7 Å². The molecule has 3 heteroatoms. The molecular formula is C11H16O3. The SMILES string of the molecule is CCOC(=O)C1C(=O)C[C@@H]2CCC[C@H]12. The predicted molar refractivity (Wildman–Crippen MR) is 50.6 cm³/mol. The first kappa shape index (κ1) is 9.69. The van der Waals surface area contributed by atoms with E-state index in [0.29, 0.717) is 24.9 Å². The van der Waals surface area contributed by atoms with E-state index in [0.717, 1.165) is 12.8 Å². The summed E-state index contributed by atoms with van der Waals surface area (Å²) in [6, 6.07) is 0. The minimum absolute atomic E-state index is 0.109. The molecule has 3 nitrogen and oxygen atoms in total. The minimum atomic E-state index is -0.428. The second-order valence-corrected chi connectivity index (χ2v) is 4.25. The Hall–Kier alpha value is -0.860. The van der Waals surface area contributed by atoms with E-state index < -0.39 is 5.92 Å². The second kappa shape index (κ2) is 3.71. The maximum atomic E-state index is 11.6. The summed E-state index contributed by atoms with van der Waals surface area (Å²) in [5.41, 5.74) is 0. The van der Waals surface area contributed by atoms with Crippen LogP contribution in [0.2, 0.25) is 0 Å². The topological polar surface area (TPSA) is 43.4 Å². The lowest BCUT2D eigenvalue weighted by atomic mass is 9.92. The zero-order valence-electron chi connectivity index (χ0n) is 8.49. The van der Waals surface area contributed by atoms with E-state index >= 15 is 0 Å². The van der Waals surface area contributed by atoms with Crippen molar-refractivity contribution in [2.24, 2.45) is 17.8 Å². The third-order valence-electron chi connectivity index (χ3n) is 3.50. The molecule has 2 fully saturated rings. The molecule has 0 radical (unpaired) electrons. The monoisotopic (exact) mass is 196 g/mol. The Bertz CT molecular complexity index is 259. The van der Waals surface area contributed by atoms with E-state index in [2.05, 4.69) is 0 Å². The molecule has 78 valence electrons. The van der Waals surface area contributed by atoms with Crippen LogP contribution in [0.3, 0.4) is 0 Å². The third kappa shape index (κ3) is 1.45. The van der Waals surface area contributed by atoms with Gasteiger partial charge in [-0.15, -0.1) is 0 Å². The molecule has 2 rings (SSSR count). The maximum absolute atomic E-state index is 11.6. The largest absolute Gasteiger partial charge is 0.465 e. The Labute approximate surface area is 83.8 Å². The number of ketones is 1. The van der Waals surface area contributed by atoms with Gasteiger partial charge in [-0.3, -0.25) is 9.59 Å². The van der Waals surface area contributed by atoms with Crippen molar-refractivity contribution >= 4 is 11.8 Å². The molecule has 2 aliphatic rings. The molecular weight excluding hydrogens is 180 g/mol. The highest BCUT2D eigenvalue weighted by atomic mass is 16.5. The Balaban J connectivity index is 2.09. The molecule has 0 aliphatic heterocycles. The van der Waals surface area contributed by atoms with Crippen molar-refractivity contribution < 1.29 is 14.3 Å². The van der Waals surface area contributed by atoms with Gasteiger partial charge in [0.25, 0.3) is 0 Å². The molecule has 14 heavy (non-hydrogen) atoms. The average Bonchev–Trinajstić information content (AvgIpc) is 2.63. The second-order valence-electron chi connectivity index (χ2n) is 4.25. The molecule has 0 aromatic carbocycles. The lowest BCUT2D eigenvalue weighted by Gasteiger charge is -2.14. The smallest absolute Gasteiger partial charge is 0.316 e. The van der Waals surface area contributed by atoms with Gasteiger partial charge in [-0.2, -0.15) is 0 Å². The number of Topliss-reactive ketones (excluding diaryl/α,β-unsaturated/α-hetero) is 1. The van der Waals surface area contributed by atoms with Crippen molar-refractivity contribution in [1.82, 2.24) is 0 Å². The number of hydrogen-bond donors (Lipinski definition) is 0. The van der Waals surface area contributed by atoms with Gasteiger partial charge in [-0.25, -0.2) is 0 Å². The molecule has 0 saturated heterocycles. The van der Waals surface area contributed by atoms with Gasteiger partial charge in [0.2, 0.25) is 0 Å². The standard InChI is InChI=1S/C11H16O3/c1-2-14-11(13)10-8-5-3-4-7(8)6-9(10)12/h7-8,10H,2-6H2,1H3/t7-,8-,10?/m0/s1. The van der Waals surface area contributed by atoms with Crippen molar-refractivity contribution in [2.45, 2.75) is 32.6 Å². The van der Waals surface area contributed by atoms with Gasteiger partial charge in [-0.05, 0) is 31.6 Å². The number of ether oxygens (including phenoxy) is 1. The highest BCUT2D eigenvalue weighted by Gasteiger charge is 2.48. The quantitative estimate of drug-likeness (QED) is 0.497. The predicted octanol–water partition coefficient (Wildman–Crippen LogP) is 1.55. The van der Waals surface area contributed by atoms with Crippen LogP contribution in [0.15, 0.2) is 0 Å². The minimum Gasteiger partial charge on any atom is -0.465 e. The van der Waals surface area contributed by atoms with E-state index in [9.17, 15) is 9.59 Å². The van der Waals surface area contributed by atoms with E-state index in [1.165, 1.54) is 6.42 Å². The first-order valence-electron chi connectivity index (χ1n) is 5.43. The highest BCUT2D eigenvalue weighted by Crippen LogP contribution is 2.46. The number of carbonyl (C=O) groups is 2. The van der Waals surface area contributed by atoms with Crippen molar-refractivity contribution in [1.29, 1.82) is 0 Å². The van der Waals surface area contributed by atoms with Gasteiger partial charge in [-0.1, -0.05) is 6.42 Å². The highest BCUT2D eigenvalue weighted by molar-refractivity contribution is 6.01. The van der Waals surface area contributed by atoms with Crippen LogP contribution in [0.4, 0.5) is 0 Å². The van der Waals surface area contributed by atoms with Crippen LogP contribution in [0, 0.1) is 17.8 Å². The summed E-state index contributed by atoms with van der Waals surface area (Å²) in [5, 5.41) is 0. The molecule has 0 bridgehead atoms. The summed E-state index contributed by atoms with van der Waals surface area (Å²) in [7, 11) is 0. The van der Waals surface area contributed by atoms with Crippen LogP contribution < -0.4 is 0 Å². The number of esters is 1. The first-order chi connectivity index (χ1) is 6.74. The lowest BCUT2D eigenvalue weighted by Crippen LogP contribution is -2.27. The van der Waals surface area contributed by atoms with Crippen LogP contribution in [0.1, 0.15) is 32.6 Å². The fourth-order valence-electron chi connectivity index (χ4n) is 2.92. The van der Waals surface area contributed by atoms with Crippen molar-refractivity contribution in [2.75, 3.05) is 6.61 Å². The number of hydrogen-bond acceptors (Lipinski definition) is 3. The van der Waals surface area contributed by atoms with E-state index in [4.69, 9.17) is 4.74 Å². The van der Waals surface area contributed by atoms with Gasteiger partial charge < -0.3 is 4.74 Å². The summed E-state index contributed by atoms with van der Waals surface area (Å²) in [5.74, 6) is 0.158. The van der Waals surface area contributed by atoms with Crippen LogP contribution in [-0.4, -0.2) is 18.4 Å². The molecule has 1 unspecified atom stereocenters. The van der Waals surface area contributed by atoms with Crippen LogP contribution >= 0.6 is 0 Å². The van der Waals surface area contributed by atoms with E-state index in [-0.39, 0.29) is 11.8 Å². The van der Waals surface area contributed by atoms with Crippen LogP contribution in [-0.2, 0) is 14.3 Å². The zero-order valence-corrected chi connectivity index (χ0v) is 8.49. The summed E-state index contributed by atoms with van der Waals surface area (Å²) >= 11 is 0. The molecule has 0 spiro atoms.